The van der Waals surface area contributed by atoms with Crippen molar-refractivity contribution in [2.45, 2.75) is 5.16 Å². The van der Waals surface area contributed by atoms with Gasteiger partial charge in [0.05, 0.1) is 12.9 Å². The third kappa shape index (κ3) is 5.67. The van der Waals surface area contributed by atoms with Crippen LogP contribution in [0.25, 0.3) is 0 Å². The summed E-state index contributed by atoms with van der Waals surface area (Å²) < 4.78 is 18.3. The first-order chi connectivity index (χ1) is 15.6. The lowest BCUT2D eigenvalue weighted by atomic mass is 10.2. The van der Waals surface area contributed by atoms with Crippen LogP contribution in [0, 0.1) is 5.82 Å². The van der Waals surface area contributed by atoms with E-state index in [0.717, 1.165) is 43.4 Å². The van der Waals surface area contributed by atoms with Crippen molar-refractivity contribution in [1.82, 2.24) is 9.97 Å². The molecule has 1 fully saturated rings. The summed E-state index contributed by atoms with van der Waals surface area (Å²) in [6, 6.07) is 15.7. The maximum Gasteiger partial charge on any atom is 0.234 e. The molecule has 1 aliphatic rings. The van der Waals surface area contributed by atoms with E-state index in [9.17, 15) is 9.18 Å². The highest BCUT2D eigenvalue weighted by Gasteiger charge is 2.19. The number of hydrogen-bond donors (Lipinski definition) is 1. The van der Waals surface area contributed by atoms with E-state index in [-0.39, 0.29) is 17.5 Å². The van der Waals surface area contributed by atoms with Crippen LogP contribution < -0.4 is 19.9 Å². The van der Waals surface area contributed by atoms with Crippen LogP contribution in [-0.4, -0.2) is 54.9 Å². The number of piperazine rings is 1. The van der Waals surface area contributed by atoms with Crippen LogP contribution >= 0.6 is 11.8 Å². The Morgan fingerprint density at radius 1 is 1.09 bits per heavy atom. The van der Waals surface area contributed by atoms with Gasteiger partial charge in [0, 0.05) is 49.8 Å². The Hall–Kier alpha value is -3.33. The van der Waals surface area contributed by atoms with E-state index >= 15 is 0 Å². The number of aromatic nitrogens is 2. The van der Waals surface area contributed by atoms with Gasteiger partial charge in [-0.2, -0.15) is 0 Å². The Kier molecular flexibility index (Phi) is 7.06. The predicted molar refractivity (Wildman–Crippen MR) is 125 cm³/mol. The molecule has 32 heavy (non-hydrogen) atoms. The van der Waals surface area contributed by atoms with Gasteiger partial charge in [0.2, 0.25) is 5.91 Å². The number of benzene rings is 2. The first kappa shape index (κ1) is 21.9. The average molecular weight is 454 g/mol. The molecule has 0 unspecified atom stereocenters. The minimum absolute atomic E-state index is 0.171. The number of rotatable bonds is 7. The molecule has 1 aromatic heterocycles. The third-order valence-corrected chi connectivity index (χ3v) is 5.96. The quantitative estimate of drug-likeness (QED) is 0.432. The average Bonchev–Trinajstić information content (AvgIpc) is 2.84. The van der Waals surface area contributed by atoms with Crippen molar-refractivity contribution in [3.8, 4) is 5.75 Å². The van der Waals surface area contributed by atoms with Crippen molar-refractivity contribution >= 4 is 34.9 Å². The third-order valence-electron chi connectivity index (χ3n) is 5.10. The van der Waals surface area contributed by atoms with E-state index < -0.39 is 0 Å². The standard InChI is InChI=1S/C23H24FN5O2S/c1-31-20-4-2-3-19(15-20)28-11-13-29(14-12-28)21-9-10-25-23(27-21)32-16-22(30)26-18-7-5-17(24)6-8-18/h2-10,15H,11-14,16H2,1H3,(H,26,30). The van der Waals surface area contributed by atoms with Gasteiger partial charge in [0.1, 0.15) is 17.4 Å². The summed E-state index contributed by atoms with van der Waals surface area (Å²) in [4.78, 5) is 25.6. The van der Waals surface area contributed by atoms with E-state index in [4.69, 9.17) is 4.74 Å². The molecule has 0 saturated carbocycles. The van der Waals surface area contributed by atoms with Crippen LogP contribution in [0.15, 0.2) is 66.0 Å². The fourth-order valence-corrected chi connectivity index (χ4v) is 4.06. The van der Waals surface area contributed by atoms with Crippen LogP contribution in [0.5, 0.6) is 5.75 Å². The predicted octanol–water partition coefficient (Wildman–Crippen LogP) is 3.68. The molecule has 0 spiro atoms. The number of carbonyl (C=O) groups is 1. The number of ether oxygens (including phenoxy) is 1. The summed E-state index contributed by atoms with van der Waals surface area (Å²) in [5.74, 6) is 1.34. The summed E-state index contributed by atoms with van der Waals surface area (Å²) in [6.07, 6.45) is 1.72. The SMILES string of the molecule is COc1cccc(N2CCN(c3ccnc(SCC(=O)Nc4ccc(F)cc4)n3)CC2)c1. The van der Waals surface area contributed by atoms with E-state index in [1.54, 1.807) is 13.3 Å². The second-order valence-electron chi connectivity index (χ2n) is 7.22. The molecule has 1 saturated heterocycles. The van der Waals surface area contributed by atoms with Gasteiger partial charge in [0.25, 0.3) is 0 Å². The van der Waals surface area contributed by atoms with Crippen LogP contribution in [0.3, 0.4) is 0 Å². The summed E-state index contributed by atoms with van der Waals surface area (Å²) in [6.45, 7) is 3.42. The van der Waals surface area contributed by atoms with Gasteiger partial charge >= 0.3 is 0 Å². The zero-order valence-corrected chi connectivity index (χ0v) is 18.5. The number of thioether (sulfide) groups is 1. The first-order valence-electron chi connectivity index (χ1n) is 10.3. The molecular weight excluding hydrogens is 429 g/mol. The fraction of sp³-hybridized carbons (Fsp3) is 0.261. The minimum atomic E-state index is -0.341. The van der Waals surface area contributed by atoms with E-state index in [1.807, 2.05) is 24.3 Å². The first-order valence-corrected chi connectivity index (χ1v) is 11.2. The zero-order chi connectivity index (χ0) is 22.3. The molecule has 0 bridgehead atoms. The number of nitrogens with one attached hydrogen (secondary N) is 1. The lowest BCUT2D eigenvalue weighted by Crippen LogP contribution is -2.46. The molecule has 3 aromatic rings. The van der Waals surface area contributed by atoms with Crippen molar-refractivity contribution in [3.63, 3.8) is 0 Å². The molecule has 1 N–H and O–H groups in total. The van der Waals surface area contributed by atoms with Crippen molar-refractivity contribution in [2.75, 3.05) is 54.2 Å². The van der Waals surface area contributed by atoms with Gasteiger partial charge in [-0.1, -0.05) is 17.8 Å². The van der Waals surface area contributed by atoms with Crippen LogP contribution in [0.2, 0.25) is 0 Å². The van der Waals surface area contributed by atoms with E-state index in [1.165, 1.54) is 36.0 Å². The minimum Gasteiger partial charge on any atom is -0.497 e. The molecule has 1 aliphatic heterocycles. The van der Waals surface area contributed by atoms with Gasteiger partial charge in [0.15, 0.2) is 5.16 Å². The number of amides is 1. The van der Waals surface area contributed by atoms with E-state index in [2.05, 4.69) is 31.2 Å². The number of halogens is 1. The number of hydrogen-bond acceptors (Lipinski definition) is 7. The lowest BCUT2D eigenvalue weighted by Gasteiger charge is -2.36. The van der Waals surface area contributed by atoms with Gasteiger partial charge in [-0.25, -0.2) is 14.4 Å². The molecular formula is C23H24FN5O2S. The number of anilines is 3. The highest BCUT2D eigenvalue weighted by molar-refractivity contribution is 7.99. The van der Waals surface area contributed by atoms with Crippen LogP contribution in [-0.2, 0) is 4.79 Å². The Morgan fingerprint density at radius 2 is 1.84 bits per heavy atom. The van der Waals surface area contributed by atoms with Gasteiger partial charge in [-0.3, -0.25) is 4.79 Å². The lowest BCUT2D eigenvalue weighted by molar-refractivity contribution is -0.113. The topological polar surface area (TPSA) is 70.6 Å². The smallest absolute Gasteiger partial charge is 0.234 e. The summed E-state index contributed by atoms with van der Waals surface area (Å²) >= 11 is 1.27. The molecule has 166 valence electrons. The normalized spacial score (nSPS) is 13.7. The molecule has 1 amide bonds. The maximum absolute atomic E-state index is 13.0. The second kappa shape index (κ2) is 10.3. The number of nitrogens with zero attached hydrogens (tertiary/aromatic N) is 4. The molecule has 0 aliphatic carbocycles. The molecule has 0 atom stereocenters. The molecule has 2 heterocycles. The summed E-state index contributed by atoms with van der Waals surface area (Å²) in [5, 5.41) is 3.29. The largest absolute Gasteiger partial charge is 0.497 e. The van der Waals surface area contributed by atoms with Crippen LogP contribution in [0.1, 0.15) is 0 Å². The van der Waals surface area contributed by atoms with Crippen LogP contribution in [0.4, 0.5) is 21.6 Å². The summed E-state index contributed by atoms with van der Waals surface area (Å²) in [5.41, 5.74) is 1.70. The van der Waals surface area contributed by atoms with Gasteiger partial charge in [-0.15, -0.1) is 0 Å². The van der Waals surface area contributed by atoms with Gasteiger partial charge < -0.3 is 19.9 Å². The fourth-order valence-electron chi connectivity index (χ4n) is 3.44. The summed E-state index contributed by atoms with van der Waals surface area (Å²) in [7, 11) is 1.67. The Balaban J connectivity index is 1.30. The Morgan fingerprint density at radius 3 is 2.59 bits per heavy atom. The number of methoxy groups -OCH3 is 1. The molecule has 4 rings (SSSR count). The Labute approximate surface area is 190 Å². The molecule has 0 radical (unpaired) electrons. The van der Waals surface area contributed by atoms with Crippen molar-refractivity contribution in [3.05, 3.63) is 66.6 Å². The van der Waals surface area contributed by atoms with Crippen molar-refractivity contribution in [1.29, 1.82) is 0 Å². The number of carbonyl (C=O) groups excluding carboxylic acids is 1. The highest BCUT2D eigenvalue weighted by atomic mass is 32.2. The van der Waals surface area contributed by atoms with Crippen molar-refractivity contribution < 1.29 is 13.9 Å². The molecule has 9 heteroatoms. The molecule has 2 aromatic carbocycles. The molecule has 7 nitrogen and oxygen atoms in total. The van der Waals surface area contributed by atoms with Gasteiger partial charge in [-0.05, 0) is 42.5 Å². The Bertz CT molecular complexity index is 1060. The second-order valence-corrected chi connectivity index (χ2v) is 8.16. The zero-order valence-electron chi connectivity index (χ0n) is 17.7. The maximum atomic E-state index is 13.0. The van der Waals surface area contributed by atoms with Crippen molar-refractivity contribution in [2.24, 2.45) is 0 Å². The van der Waals surface area contributed by atoms with E-state index in [0.29, 0.717) is 10.8 Å². The highest BCUT2D eigenvalue weighted by Crippen LogP contribution is 2.24. The monoisotopic (exact) mass is 453 g/mol.